The minimum absolute atomic E-state index is 0.141. The van der Waals surface area contributed by atoms with Crippen molar-refractivity contribution in [1.82, 2.24) is 4.31 Å². The molecule has 0 aromatic heterocycles. The van der Waals surface area contributed by atoms with Gasteiger partial charge in [-0.3, -0.25) is 0 Å². The van der Waals surface area contributed by atoms with Gasteiger partial charge in [0.05, 0.1) is 26.4 Å². The van der Waals surface area contributed by atoms with Crippen molar-refractivity contribution in [3.63, 3.8) is 0 Å². The molecule has 2 aliphatic heterocycles. The number of hydrogen-bond acceptors (Lipinski definition) is 4. The normalized spacial score (nSPS) is 27.4. The van der Waals surface area contributed by atoms with Crippen molar-refractivity contribution in [3.8, 4) is 5.75 Å². The maximum absolute atomic E-state index is 12.9. The summed E-state index contributed by atoms with van der Waals surface area (Å²) in [5.74, 6) is 1.13. The van der Waals surface area contributed by atoms with E-state index in [1.54, 1.807) is 11.4 Å². The number of rotatable bonds is 4. The average molecular weight is 325 g/mol. The lowest BCUT2D eigenvalue weighted by atomic mass is 9.91. The molecule has 0 spiro atoms. The van der Waals surface area contributed by atoms with Crippen LogP contribution in [0.15, 0.2) is 24.3 Å². The third kappa shape index (κ3) is 2.75. The standard InChI is InChI=1S/C16H23NO4S/c1-12-7-8-15(14-5-3-4-6-16(14)20-2)17(9-12)22(18,19)13-10-21-11-13/h3-6,12-13,15H,7-11H2,1-2H3. The van der Waals surface area contributed by atoms with Gasteiger partial charge in [0.15, 0.2) is 0 Å². The molecule has 2 unspecified atom stereocenters. The molecule has 2 fully saturated rings. The summed E-state index contributed by atoms with van der Waals surface area (Å²) in [5, 5.41) is -0.394. The molecule has 2 saturated heterocycles. The fourth-order valence-corrected chi connectivity index (χ4v) is 5.18. The van der Waals surface area contributed by atoms with Crippen LogP contribution < -0.4 is 4.74 Å². The number of piperidine rings is 1. The Kier molecular flexibility index (Phi) is 4.43. The molecule has 6 heteroatoms. The van der Waals surface area contributed by atoms with E-state index in [9.17, 15) is 8.42 Å². The molecule has 5 nitrogen and oxygen atoms in total. The number of hydrogen-bond donors (Lipinski definition) is 0. The summed E-state index contributed by atoms with van der Waals surface area (Å²) < 4.78 is 38.0. The molecule has 0 saturated carbocycles. The van der Waals surface area contributed by atoms with Crippen molar-refractivity contribution in [1.29, 1.82) is 0 Å². The Bertz CT molecular complexity index is 627. The third-order valence-electron chi connectivity index (χ3n) is 4.63. The van der Waals surface area contributed by atoms with Crippen LogP contribution in [0.2, 0.25) is 0 Å². The van der Waals surface area contributed by atoms with E-state index in [-0.39, 0.29) is 6.04 Å². The highest BCUT2D eigenvalue weighted by Crippen LogP contribution is 2.40. The molecule has 2 atom stereocenters. The second kappa shape index (κ2) is 6.18. The van der Waals surface area contributed by atoms with Crippen molar-refractivity contribution < 1.29 is 17.9 Å². The van der Waals surface area contributed by atoms with E-state index in [0.717, 1.165) is 24.2 Å². The number of benzene rings is 1. The van der Waals surface area contributed by atoms with Crippen LogP contribution in [-0.4, -0.2) is 44.8 Å². The lowest BCUT2D eigenvalue weighted by molar-refractivity contribution is 0.0371. The quantitative estimate of drug-likeness (QED) is 0.851. The summed E-state index contributed by atoms with van der Waals surface area (Å²) in [4.78, 5) is 0. The highest BCUT2D eigenvalue weighted by molar-refractivity contribution is 7.89. The highest BCUT2D eigenvalue weighted by atomic mass is 32.2. The zero-order chi connectivity index (χ0) is 15.7. The van der Waals surface area contributed by atoms with Crippen molar-refractivity contribution >= 4 is 10.0 Å². The average Bonchev–Trinajstić information content (AvgIpc) is 2.45. The van der Waals surface area contributed by atoms with Crippen molar-refractivity contribution in [2.45, 2.75) is 31.1 Å². The first-order valence-corrected chi connectivity index (χ1v) is 9.25. The molecule has 1 aromatic rings. The van der Waals surface area contributed by atoms with Gasteiger partial charge in [-0.25, -0.2) is 8.42 Å². The molecule has 0 N–H and O–H groups in total. The Morgan fingerprint density at radius 1 is 1.23 bits per heavy atom. The van der Waals surface area contributed by atoms with Crippen LogP contribution in [0.3, 0.4) is 0 Å². The summed E-state index contributed by atoms with van der Waals surface area (Å²) >= 11 is 0. The summed E-state index contributed by atoms with van der Waals surface area (Å²) in [7, 11) is -1.70. The largest absolute Gasteiger partial charge is 0.496 e. The molecule has 2 aliphatic rings. The molecule has 2 heterocycles. The van der Waals surface area contributed by atoms with Crippen LogP contribution in [0, 0.1) is 5.92 Å². The van der Waals surface area contributed by atoms with E-state index in [1.807, 2.05) is 24.3 Å². The predicted octanol–water partition coefficient (Wildman–Crippen LogP) is 2.20. The molecule has 1 aromatic carbocycles. The number of ether oxygens (including phenoxy) is 2. The van der Waals surface area contributed by atoms with Gasteiger partial charge in [0, 0.05) is 12.1 Å². The first-order valence-electron chi connectivity index (χ1n) is 7.75. The molecular weight excluding hydrogens is 302 g/mol. The summed E-state index contributed by atoms with van der Waals surface area (Å²) in [6.45, 7) is 3.30. The van der Waals surface area contributed by atoms with E-state index in [2.05, 4.69) is 6.92 Å². The predicted molar refractivity (Wildman–Crippen MR) is 84.4 cm³/mol. The number of para-hydroxylation sites is 1. The van der Waals surface area contributed by atoms with Gasteiger partial charge in [0.1, 0.15) is 11.0 Å². The van der Waals surface area contributed by atoms with Gasteiger partial charge in [0.2, 0.25) is 10.0 Å². The molecule has 3 rings (SSSR count). The first kappa shape index (κ1) is 15.8. The van der Waals surface area contributed by atoms with Crippen molar-refractivity contribution in [2.24, 2.45) is 5.92 Å². The number of methoxy groups -OCH3 is 1. The smallest absolute Gasteiger partial charge is 0.222 e. The van der Waals surface area contributed by atoms with Crippen LogP contribution >= 0.6 is 0 Å². The minimum atomic E-state index is -3.33. The molecule has 0 amide bonds. The molecule has 0 bridgehead atoms. The molecule has 122 valence electrons. The maximum Gasteiger partial charge on any atom is 0.222 e. The van der Waals surface area contributed by atoms with Gasteiger partial charge in [-0.05, 0) is 24.8 Å². The SMILES string of the molecule is COc1ccccc1C1CCC(C)CN1S(=O)(=O)C1COC1. The minimum Gasteiger partial charge on any atom is -0.496 e. The fourth-order valence-electron chi connectivity index (χ4n) is 3.22. The van der Waals surface area contributed by atoms with E-state index in [1.165, 1.54) is 0 Å². The van der Waals surface area contributed by atoms with Gasteiger partial charge in [-0.2, -0.15) is 4.31 Å². The topological polar surface area (TPSA) is 55.8 Å². The molecule has 22 heavy (non-hydrogen) atoms. The summed E-state index contributed by atoms with van der Waals surface area (Å²) in [5.41, 5.74) is 0.959. The fraction of sp³-hybridized carbons (Fsp3) is 0.625. The molecule has 0 radical (unpaired) electrons. The number of sulfonamides is 1. The monoisotopic (exact) mass is 325 g/mol. The Balaban J connectivity index is 1.96. The summed E-state index contributed by atoms with van der Waals surface area (Å²) in [6.07, 6.45) is 1.85. The Morgan fingerprint density at radius 3 is 2.59 bits per heavy atom. The summed E-state index contributed by atoms with van der Waals surface area (Å²) in [6, 6.07) is 7.57. The van der Waals surface area contributed by atoms with Crippen LogP contribution in [0.25, 0.3) is 0 Å². The lowest BCUT2D eigenvalue weighted by Crippen LogP contribution is -2.52. The molecule has 0 aliphatic carbocycles. The van der Waals surface area contributed by atoms with Crippen LogP contribution in [0.1, 0.15) is 31.4 Å². The Morgan fingerprint density at radius 2 is 1.95 bits per heavy atom. The zero-order valence-electron chi connectivity index (χ0n) is 13.1. The molecular formula is C16H23NO4S. The zero-order valence-corrected chi connectivity index (χ0v) is 13.9. The van der Waals surface area contributed by atoms with Crippen LogP contribution in [-0.2, 0) is 14.8 Å². The second-order valence-corrected chi connectivity index (χ2v) is 8.38. The van der Waals surface area contributed by atoms with Gasteiger partial charge in [-0.1, -0.05) is 25.1 Å². The van der Waals surface area contributed by atoms with Crippen molar-refractivity contribution in [2.75, 3.05) is 26.9 Å². The van der Waals surface area contributed by atoms with Crippen molar-refractivity contribution in [3.05, 3.63) is 29.8 Å². The van der Waals surface area contributed by atoms with E-state index in [0.29, 0.717) is 25.7 Å². The van der Waals surface area contributed by atoms with Crippen LogP contribution in [0.4, 0.5) is 0 Å². The van der Waals surface area contributed by atoms with Gasteiger partial charge in [-0.15, -0.1) is 0 Å². The van der Waals surface area contributed by atoms with E-state index >= 15 is 0 Å². The number of nitrogens with zero attached hydrogens (tertiary/aromatic N) is 1. The maximum atomic E-state index is 12.9. The second-order valence-electron chi connectivity index (χ2n) is 6.21. The third-order valence-corrected chi connectivity index (χ3v) is 6.80. The van der Waals surface area contributed by atoms with E-state index < -0.39 is 15.3 Å². The van der Waals surface area contributed by atoms with Crippen LogP contribution in [0.5, 0.6) is 5.75 Å². The Hall–Kier alpha value is -1.11. The van der Waals surface area contributed by atoms with Gasteiger partial charge >= 0.3 is 0 Å². The Labute approximate surface area is 132 Å². The van der Waals surface area contributed by atoms with Gasteiger partial charge < -0.3 is 9.47 Å². The van der Waals surface area contributed by atoms with Gasteiger partial charge in [0.25, 0.3) is 0 Å². The first-order chi connectivity index (χ1) is 10.5. The lowest BCUT2D eigenvalue weighted by Gasteiger charge is -2.41. The highest BCUT2D eigenvalue weighted by Gasteiger charge is 2.43. The van der Waals surface area contributed by atoms with E-state index in [4.69, 9.17) is 9.47 Å².